The summed E-state index contributed by atoms with van der Waals surface area (Å²) in [6.07, 6.45) is 0.656. The van der Waals surface area contributed by atoms with E-state index in [4.69, 9.17) is 14.2 Å². The van der Waals surface area contributed by atoms with E-state index in [1.807, 2.05) is 19.1 Å². The van der Waals surface area contributed by atoms with Crippen molar-refractivity contribution < 1.29 is 19.0 Å². The second-order valence-corrected chi connectivity index (χ2v) is 3.76. The van der Waals surface area contributed by atoms with Crippen LogP contribution < -0.4 is 4.74 Å². The van der Waals surface area contributed by atoms with E-state index in [-0.39, 0.29) is 18.9 Å². The van der Waals surface area contributed by atoms with Crippen molar-refractivity contribution >= 4 is 5.97 Å². The number of hydrogen-bond donors (Lipinski definition) is 0. The molecule has 2 rings (SSSR count). The van der Waals surface area contributed by atoms with Crippen LogP contribution in [0.1, 0.15) is 22.8 Å². The monoisotopic (exact) mass is 222 g/mol. The van der Waals surface area contributed by atoms with Crippen molar-refractivity contribution in [3.8, 4) is 5.75 Å². The molecule has 0 amide bonds. The van der Waals surface area contributed by atoms with Gasteiger partial charge in [0.2, 0.25) is 0 Å². The summed E-state index contributed by atoms with van der Waals surface area (Å²) in [6, 6.07) is 5.54. The van der Waals surface area contributed by atoms with Gasteiger partial charge in [-0.25, -0.2) is 4.79 Å². The summed E-state index contributed by atoms with van der Waals surface area (Å²) in [5.41, 5.74) is 1.50. The summed E-state index contributed by atoms with van der Waals surface area (Å²) in [4.78, 5) is 11.7. The van der Waals surface area contributed by atoms with E-state index in [0.29, 0.717) is 11.3 Å². The third kappa shape index (κ3) is 2.02. The molecule has 0 saturated carbocycles. The van der Waals surface area contributed by atoms with Gasteiger partial charge in [0.15, 0.2) is 6.79 Å². The van der Waals surface area contributed by atoms with Crippen molar-refractivity contribution in [1.29, 1.82) is 0 Å². The first-order valence-electron chi connectivity index (χ1n) is 5.17. The Bertz CT molecular complexity index is 400. The fraction of sp³-hybridized carbons (Fsp3) is 0.417. The van der Waals surface area contributed by atoms with Gasteiger partial charge in [-0.3, -0.25) is 0 Å². The molecule has 1 aliphatic heterocycles. The smallest absolute Gasteiger partial charge is 0.342 e. The van der Waals surface area contributed by atoms with Crippen LogP contribution in [-0.2, 0) is 15.9 Å². The quantitative estimate of drug-likeness (QED) is 0.577. The van der Waals surface area contributed by atoms with Gasteiger partial charge in [-0.2, -0.15) is 0 Å². The summed E-state index contributed by atoms with van der Waals surface area (Å²) in [5.74, 6) is 0.205. The molecular formula is C12H14O4. The zero-order valence-corrected chi connectivity index (χ0v) is 9.36. The number of ether oxygens (including phenoxy) is 3. The molecule has 4 heteroatoms. The third-order valence-electron chi connectivity index (χ3n) is 2.46. The van der Waals surface area contributed by atoms with E-state index in [1.165, 1.54) is 7.11 Å². The Morgan fingerprint density at radius 3 is 3.06 bits per heavy atom. The van der Waals surface area contributed by atoms with Gasteiger partial charge < -0.3 is 14.2 Å². The highest BCUT2D eigenvalue weighted by Gasteiger charge is 2.26. The Kier molecular flexibility index (Phi) is 3.10. The highest BCUT2D eigenvalue weighted by atomic mass is 16.7. The summed E-state index contributed by atoms with van der Waals surface area (Å²) in [5, 5.41) is 0. The van der Waals surface area contributed by atoms with Crippen LogP contribution in [0.5, 0.6) is 5.75 Å². The van der Waals surface area contributed by atoms with Crippen molar-refractivity contribution in [2.75, 3.05) is 13.9 Å². The van der Waals surface area contributed by atoms with E-state index in [0.717, 1.165) is 12.0 Å². The molecule has 86 valence electrons. The lowest BCUT2D eigenvalue weighted by molar-refractivity contribution is 0.0265. The Labute approximate surface area is 94.1 Å². The van der Waals surface area contributed by atoms with Gasteiger partial charge in [0.05, 0.1) is 0 Å². The number of rotatable bonds is 3. The number of cyclic esters (lactones) is 1. The van der Waals surface area contributed by atoms with Crippen LogP contribution in [0.4, 0.5) is 0 Å². The van der Waals surface area contributed by atoms with Gasteiger partial charge in [-0.15, -0.1) is 0 Å². The second kappa shape index (κ2) is 4.53. The molecule has 0 saturated heterocycles. The molecule has 1 atom stereocenters. The highest BCUT2D eigenvalue weighted by molar-refractivity contribution is 5.95. The first-order chi connectivity index (χ1) is 7.72. The molecule has 0 spiro atoms. The predicted octanol–water partition coefficient (Wildman–Crippen LogP) is 1.77. The topological polar surface area (TPSA) is 44.8 Å². The zero-order valence-electron chi connectivity index (χ0n) is 9.36. The molecule has 0 aromatic heterocycles. The molecule has 0 bridgehead atoms. The minimum absolute atomic E-state index is 0.0716. The largest absolute Gasteiger partial charge is 0.467 e. The Balaban J connectivity index is 2.34. The minimum Gasteiger partial charge on any atom is -0.467 e. The molecular weight excluding hydrogens is 208 g/mol. The lowest BCUT2D eigenvalue weighted by atomic mass is 9.98. The first kappa shape index (κ1) is 11.0. The van der Waals surface area contributed by atoms with Crippen LogP contribution in [0, 0.1) is 0 Å². The van der Waals surface area contributed by atoms with Crippen LogP contribution in [0.15, 0.2) is 18.2 Å². The van der Waals surface area contributed by atoms with Crippen molar-refractivity contribution in [2.24, 2.45) is 0 Å². The van der Waals surface area contributed by atoms with E-state index in [1.54, 1.807) is 6.07 Å². The second-order valence-electron chi connectivity index (χ2n) is 3.76. The Morgan fingerprint density at radius 1 is 1.50 bits per heavy atom. The fourth-order valence-electron chi connectivity index (χ4n) is 1.81. The number of benzene rings is 1. The summed E-state index contributed by atoms with van der Waals surface area (Å²) in [7, 11) is 1.54. The van der Waals surface area contributed by atoms with Crippen molar-refractivity contribution in [3.05, 3.63) is 29.3 Å². The van der Waals surface area contributed by atoms with Crippen LogP contribution >= 0.6 is 0 Å². The van der Waals surface area contributed by atoms with Gasteiger partial charge >= 0.3 is 5.97 Å². The van der Waals surface area contributed by atoms with Gasteiger partial charge in [0.25, 0.3) is 0 Å². The zero-order chi connectivity index (χ0) is 11.5. The minimum atomic E-state index is -0.319. The molecule has 1 heterocycles. The number of hydrogen-bond acceptors (Lipinski definition) is 4. The summed E-state index contributed by atoms with van der Waals surface area (Å²) >= 11 is 0. The average Bonchev–Trinajstić information content (AvgIpc) is 2.25. The van der Waals surface area contributed by atoms with E-state index < -0.39 is 0 Å². The van der Waals surface area contributed by atoms with E-state index in [2.05, 4.69) is 0 Å². The summed E-state index contributed by atoms with van der Waals surface area (Å²) in [6.45, 7) is 2.00. The van der Waals surface area contributed by atoms with Crippen LogP contribution in [0.25, 0.3) is 0 Å². The highest BCUT2D eigenvalue weighted by Crippen LogP contribution is 2.28. The van der Waals surface area contributed by atoms with Crippen molar-refractivity contribution in [2.45, 2.75) is 19.4 Å². The first-order valence-corrected chi connectivity index (χ1v) is 5.17. The molecule has 1 unspecified atom stereocenters. The van der Waals surface area contributed by atoms with E-state index >= 15 is 0 Å². The molecule has 0 radical (unpaired) electrons. The van der Waals surface area contributed by atoms with Crippen LogP contribution in [0.3, 0.4) is 0 Å². The van der Waals surface area contributed by atoms with Crippen molar-refractivity contribution in [3.63, 3.8) is 0 Å². The number of methoxy groups -OCH3 is 1. The average molecular weight is 222 g/mol. The van der Waals surface area contributed by atoms with Gasteiger partial charge in [0.1, 0.15) is 17.4 Å². The van der Waals surface area contributed by atoms with Crippen LogP contribution in [-0.4, -0.2) is 26.0 Å². The van der Waals surface area contributed by atoms with Gasteiger partial charge in [-0.1, -0.05) is 12.1 Å². The molecule has 0 N–H and O–H groups in total. The summed E-state index contributed by atoms with van der Waals surface area (Å²) < 4.78 is 15.3. The maximum absolute atomic E-state index is 11.7. The normalized spacial score (nSPS) is 18.9. The maximum atomic E-state index is 11.7. The molecule has 4 nitrogen and oxygen atoms in total. The van der Waals surface area contributed by atoms with Crippen LogP contribution in [0.2, 0.25) is 0 Å². The van der Waals surface area contributed by atoms with Gasteiger partial charge in [0, 0.05) is 13.5 Å². The maximum Gasteiger partial charge on any atom is 0.342 e. The molecule has 0 fully saturated rings. The third-order valence-corrected chi connectivity index (χ3v) is 2.46. The number of carbonyl (C=O) groups is 1. The number of esters is 1. The molecule has 0 aliphatic carbocycles. The molecule has 1 aromatic rings. The SMILES string of the molecule is COCOc1cccc2c1C(=O)OC(C)C2. The van der Waals surface area contributed by atoms with Gasteiger partial charge in [-0.05, 0) is 18.6 Å². The fourth-order valence-corrected chi connectivity index (χ4v) is 1.81. The lowest BCUT2D eigenvalue weighted by Gasteiger charge is -2.23. The standard InChI is InChI=1S/C12H14O4/c1-8-6-9-4-3-5-10(15-7-14-2)11(9)12(13)16-8/h3-5,8H,6-7H2,1-2H3. The molecule has 1 aliphatic rings. The predicted molar refractivity (Wildman–Crippen MR) is 57.5 cm³/mol. The Morgan fingerprint density at radius 2 is 2.31 bits per heavy atom. The lowest BCUT2D eigenvalue weighted by Crippen LogP contribution is -2.25. The number of carbonyl (C=O) groups excluding carboxylic acids is 1. The van der Waals surface area contributed by atoms with Crippen molar-refractivity contribution in [1.82, 2.24) is 0 Å². The molecule has 16 heavy (non-hydrogen) atoms. The van der Waals surface area contributed by atoms with E-state index in [9.17, 15) is 4.79 Å². The number of fused-ring (bicyclic) bond motifs is 1. The molecule has 1 aromatic carbocycles. The Hall–Kier alpha value is -1.55.